The number of para-hydroxylation sites is 1. The number of nitrogens with zero attached hydrogens (tertiary/aromatic N) is 1. The van der Waals surface area contributed by atoms with Gasteiger partial charge >= 0.3 is 0 Å². The number of hydrogen-bond acceptors (Lipinski definition) is 5. The molecule has 0 bridgehead atoms. The van der Waals surface area contributed by atoms with Gasteiger partial charge in [-0.25, -0.2) is 9.38 Å². The number of amidine groups is 1. The van der Waals surface area contributed by atoms with Gasteiger partial charge in [-0.05, 0) is 53.7 Å². The molecule has 1 aliphatic rings. The van der Waals surface area contributed by atoms with Crippen molar-refractivity contribution in [2.45, 2.75) is 6.61 Å². The van der Waals surface area contributed by atoms with Gasteiger partial charge in [0.15, 0.2) is 16.7 Å². The molecule has 0 atom stereocenters. The Hall–Kier alpha value is -3.29. The van der Waals surface area contributed by atoms with Crippen LogP contribution in [-0.2, 0) is 11.4 Å². The van der Waals surface area contributed by atoms with Crippen LogP contribution in [0.15, 0.2) is 76.6 Å². The van der Waals surface area contributed by atoms with Gasteiger partial charge in [-0.3, -0.25) is 4.79 Å². The molecule has 1 fully saturated rings. The number of aliphatic imine (C=N–C) groups is 1. The largest absolute Gasteiger partial charge is 0.493 e. The van der Waals surface area contributed by atoms with Crippen LogP contribution < -0.4 is 14.8 Å². The normalized spacial score (nSPS) is 15.8. The average Bonchev–Trinajstić information content (AvgIpc) is 3.13. The molecule has 5 nitrogen and oxygen atoms in total. The van der Waals surface area contributed by atoms with Crippen LogP contribution in [0.25, 0.3) is 6.08 Å². The van der Waals surface area contributed by atoms with Crippen molar-refractivity contribution in [2.75, 3.05) is 7.11 Å². The monoisotopic (exact) mass is 468 g/mol. The Bertz CT molecular complexity index is 1230. The predicted octanol–water partition coefficient (Wildman–Crippen LogP) is 5.96. The van der Waals surface area contributed by atoms with Crippen LogP contribution >= 0.6 is 23.4 Å². The zero-order valence-electron chi connectivity index (χ0n) is 17.0. The molecule has 1 aliphatic heterocycles. The first-order valence-electron chi connectivity index (χ1n) is 9.62. The van der Waals surface area contributed by atoms with Crippen LogP contribution in [0.3, 0.4) is 0 Å². The fourth-order valence-electron chi connectivity index (χ4n) is 2.95. The van der Waals surface area contributed by atoms with Gasteiger partial charge in [-0.15, -0.1) is 0 Å². The van der Waals surface area contributed by atoms with Crippen molar-refractivity contribution < 1.29 is 18.7 Å². The Balaban J connectivity index is 1.51. The molecule has 0 aromatic heterocycles. The summed E-state index contributed by atoms with van der Waals surface area (Å²) >= 11 is 7.32. The highest BCUT2D eigenvalue weighted by Crippen LogP contribution is 2.33. The van der Waals surface area contributed by atoms with E-state index in [0.717, 1.165) is 22.9 Å². The van der Waals surface area contributed by atoms with E-state index in [1.54, 1.807) is 49.6 Å². The summed E-state index contributed by atoms with van der Waals surface area (Å²) in [6.07, 6.45) is 1.71. The lowest BCUT2D eigenvalue weighted by atomic mass is 10.2. The molecule has 1 heterocycles. The molecule has 0 saturated carbocycles. The number of methoxy groups -OCH3 is 1. The lowest BCUT2D eigenvalue weighted by molar-refractivity contribution is -0.115. The Morgan fingerprint density at radius 1 is 1.09 bits per heavy atom. The summed E-state index contributed by atoms with van der Waals surface area (Å²) in [5.74, 6) is 0.322. The molecule has 0 aliphatic carbocycles. The van der Waals surface area contributed by atoms with E-state index < -0.39 is 5.82 Å². The van der Waals surface area contributed by atoms with Gasteiger partial charge in [-0.1, -0.05) is 48.0 Å². The van der Waals surface area contributed by atoms with Crippen LogP contribution in [0, 0.1) is 5.82 Å². The highest BCUT2D eigenvalue weighted by atomic mass is 35.5. The Morgan fingerprint density at radius 3 is 2.66 bits per heavy atom. The standard InChI is InChI=1S/C24H18ClFN2O3S/c1-30-21-12-15(10-11-20(21)31-14-16-6-2-3-7-17(16)25)13-22-23(29)28-24(32-22)27-19-9-5-4-8-18(19)26/h2-13H,14H2,1H3,(H,27,28,29). The molecule has 1 saturated heterocycles. The van der Waals surface area contributed by atoms with Gasteiger partial charge in [0.05, 0.1) is 12.0 Å². The fourth-order valence-corrected chi connectivity index (χ4v) is 3.97. The number of carbonyl (C=O) groups is 1. The molecule has 1 N–H and O–H groups in total. The second-order valence-electron chi connectivity index (χ2n) is 6.72. The van der Waals surface area contributed by atoms with Crippen molar-refractivity contribution in [3.05, 3.63) is 93.6 Å². The molecule has 3 aromatic rings. The molecule has 0 spiro atoms. The van der Waals surface area contributed by atoms with Crippen LogP contribution in [-0.4, -0.2) is 18.2 Å². The number of nitrogens with one attached hydrogen (secondary N) is 1. The van der Waals surface area contributed by atoms with E-state index in [4.69, 9.17) is 21.1 Å². The van der Waals surface area contributed by atoms with Crippen molar-refractivity contribution in [2.24, 2.45) is 4.99 Å². The van der Waals surface area contributed by atoms with E-state index in [9.17, 15) is 9.18 Å². The van der Waals surface area contributed by atoms with Crippen molar-refractivity contribution in [1.29, 1.82) is 0 Å². The highest BCUT2D eigenvalue weighted by Gasteiger charge is 2.24. The number of amides is 1. The zero-order valence-corrected chi connectivity index (χ0v) is 18.5. The Labute approximate surface area is 193 Å². The first-order valence-corrected chi connectivity index (χ1v) is 10.8. The first-order chi connectivity index (χ1) is 15.5. The Kier molecular flexibility index (Phi) is 6.78. The third-order valence-electron chi connectivity index (χ3n) is 4.55. The van der Waals surface area contributed by atoms with Crippen molar-refractivity contribution >= 4 is 46.2 Å². The summed E-state index contributed by atoms with van der Waals surface area (Å²) < 4.78 is 25.1. The number of thioether (sulfide) groups is 1. The highest BCUT2D eigenvalue weighted by molar-refractivity contribution is 8.18. The number of rotatable bonds is 6. The van der Waals surface area contributed by atoms with E-state index in [1.165, 1.54) is 6.07 Å². The fraction of sp³-hybridized carbons (Fsp3) is 0.0833. The molecule has 8 heteroatoms. The van der Waals surface area contributed by atoms with Crippen LogP contribution in [0.5, 0.6) is 11.5 Å². The third kappa shape index (κ3) is 5.12. The maximum atomic E-state index is 13.8. The van der Waals surface area contributed by atoms with E-state index in [2.05, 4.69) is 10.3 Å². The van der Waals surface area contributed by atoms with Crippen LogP contribution in [0.2, 0.25) is 5.02 Å². The molecule has 0 radical (unpaired) electrons. The lowest BCUT2D eigenvalue weighted by Gasteiger charge is -2.12. The second kappa shape index (κ2) is 9.89. The molecule has 0 unspecified atom stereocenters. The maximum absolute atomic E-state index is 13.8. The molecular formula is C24H18ClFN2O3S. The van der Waals surface area contributed by atoms with Crippen LogP contribution in [0.4, 0.5) is 10.1 Å². The summed E-state index contributed by atoms with van der Waals surface area (Å²) in [7, 11) is 1.55. The molecule has 1 amide bonds. The van der Waals surface area contributed by atoms with Gasteiger partial charge in [-0.2, -0.15) is 0 Å². The molecule has 162 valence electrons. The van der Waals surface area contributed by atoms with Gasteiger partial charge < -0.3 is 14.8 Å². The minimum atomic E-state index is -0.454. The van der Waals surface area contributed by atoms with Gasteiger partial charge in [0, 0.05) is 10.6 Å². The molecule has 32 heavy (non-hydrogen) atoms. The van der Waals surface area contributed by atoms with Gasteiger partial charge in [0.1, 0.15) is 18.1 Å². The van der Waals surface area contributed by atoms with E-state index in [0.29, 0.717) is 33.2 Å². The summed E-state index contributed by atoms with van der Waals surface area (Å²) in [6, 6.07) is 18.9. The van der Waals surface area contributed by atoms with Gasteiger partial charge in [0.25, 0.3) is 5.91 Å². The summed E-state index contributed by atoms with van der Waals surface area (Å²) in [5, 5.41) is 3.60. The number of carbonyl (C=O) groups excluding carboxylic acids is 1. The number of ether oxygens (including phenoxy) is 2. The Morgan fingerprint density at radius 2 is 1.88 bits per heavy atom. The molecule has 4 rings (SSSR count). The van der Waals surface area contributed by atoms with Crippen molar-refractivity contribution in [3.8, 4) is 11.5 Å². The topological polar surface area (TPSA) is 59.9 Å². The van der Waals surface area contributed by atoms with Crippen LogP contribution in [0.1, 0.15) is 11.1 Å². The van der Waals surface area contributed by atoms with Crippen molar-refractivity contribution in [1.82, 2.24) is 5.32 Å². The predicted molar refractivity (Wildman–Crippen MR) is 126 cm³/mol. The number of benzene rings is 3. The first kappa shape index (κ1) is 21.9. The second-order valence-corrected chi connectivity index (χ2v) is 8.16. The minimum absolute atomic E-state index is 0.165. The third-order valence-corrected chi connectivity index (χ3v) is 5.83. The summed E-state index contributed by atoms with van der Waals surface area (Å²) in [6.45, 7) is 0.296. The lowest BCUT2D eigenvalue weighted by Crippen LogP contribution is -2.19. The average molecular weight is 469 g/mol. The number of halogens is 2. The molecule has 3 aromatic carbocycles. The van der Waals surface area contributed by atoms with E-state index in [-0.39, 0.29) is 11.6 Å². The van der Waals surface area contributed by atoms with Gasteiger partial charge in [0.2, 0.25) is 0 Å². The summed E-state index contributed by atoms with van der Waals surface area (Å²) in [4.78, 5) is 17.0. The maximum Gasteiger partial charge on any atom is 0.264 e. The molecular weight excluding hydrogens is 451 g/mol. The zero-order chi connectivity index (χ0) is 22.5. The van der Waals surface area contributed by atoms with E-state index in [1.807, 2.05) is 24.3 Å². The smallest absolute Gasteiger partial charge is 0.264 e. The minimum Gasteiger partial charge on any atom is -0.493 e. The van der Waals surface area contributed by atoms with Crippen molar-refractivity contribution in [3.63, 3.8) is 0 Å². The summed E-state index contributed by atoms with van der Waals surface area (Å²) in [5.41, 5.74) is 1.78. The number of hydrogen-bond donors (Lipinski definition) is 1. The quantitative estimate of drug-likeness (QED) is 0.453. The SMILES string of the molecule is COc1cc(C=C2SC(=Nc3ccccc3F)NC2=O)ccc1OCc1ccccc1Cl. The van der Waals surface area contributed by atoms with E-state index >= 15 is 0 Å².